The van der Waals surface area contributed by atoms with Gasteiger partial charge in [-0.05, 0) is 62.1 Å². The summed E-state index contributed by atoms with van der Waals surface area (Å²) in [7, 11) is 0. The van der Waals surface area contributed by atoms with Crippen molar-refractivity contribution < 1.29 is 14.4 Å². The maximum absolute atomic E-state index is 13.5. The van der Waals surface area contributed by atoms with Gasteiger partial charge in [-0.15, -0.1) is 0 Å². The van der Waals surface area contributed by atoms with Crippen molar-refractivity contribution in [2.24, 2.45) is 11.3 Å². The minimum Gasteiger partial charge on any atom is -0.356 e. The molecular weight excluding hydrogens is 454 g/mol. The first-order valence-electron chi connectivity index (χ1n) is 11.9. The van der Waals surface area contributed by atoms with E-state index in [1.54, 1.807) is 17.0 Å². The zero-order valence-corrected chi connectivity index (χ0v) is 19.7. The number of aromatic nitrogens is 1. The summed E-state index contributed by atoms with van der Waals surface area (Å²) in [6, 6.07) is 7.90. The van der Waals surface area contributed by atoms with E-state index >= 15 is 0 Å². The molecule has 3 fully saturated rings. The van der Waals surface area contributed by atoms with Gasteiger partial charge in [0.15, 0.2) is 0 Å². The van der Waals surface area contributed by atoms with Crippen LogP contribution in [-0.4, -0.2) is 52.8 Å². The molecule has 3 aliphatic rings. The standard InChI is InChI=1S/C25H28ClN5O3/c26-18-5-1-6-19-17(18)11-20(30-19)24(34)31-14-25(7-3-8-25)12-21(31)23(33)29-16(13-27)10-15-4-2-9-28-22(15)32/h1,5-6,11,15-16,21,30H,2-4,7-10,12,14H2,(H,28,32)(H,29,33)/t15-,16-,21+/m0/s1. The number of likely N-dealkylation sites (tertiary alicyclic amines) is 1. The third-order valence-corrected chi connectivity index (χ3v) is 8.05. The van der Waals surface area contributed by atoms with Crippen molar-refractivity contribution in [3.8, 4) is 6.07 Å². The lowest BCUT2D eigenvalue weighted by Gasteiger charge is -2.37. The minimum atomic E-state index is -0.775. The van der Waals surface area contributed by atoms with E-state index in [2.05, 4.69) is 21.7 Å². The topological polar surface area (TPSA) is 118 Å². The van der Waals surface area contributed by atoms with Gasteiger partial charge < -0.3 is 20.5 Å². The SMILES string of the molecule is N#C[C@H](C[C@@H]1CCCNC1=O)NC(=O)[C@H]1CC2(CCC2)CN1C(=O)c1cc2c(Cl)cccc2[nH]1. The van der Waals surface area contributed by atoms with Gasteiger partial charge in [-0.25, -0.2) is 0 Å². The fraction of sp³-hybridized carbons (Fsp3) is 0.520. The van der Waals surface area contributed by atoms with Crippen LogP contribution in [0.15, 0.2) is 24.3 Å². The molecule has 9 heteroatoms. The van der Waals surface area contributed by atoms with Gasteiger partial charge in [-0.1, -0.05) is 24.1 Å². The smallest absolute Gasteiger partial charge is 0.271 e. The summed E-state index contributed by atoms with van der Waals surface area (Å²) in [5.74, 6) is -0.913. The molecule has 34 heavy (non-hydrogen) atoms. The number of halogens is 1. The summed E-state index contributed by atoms with van der Waals surface area (Å²) in [5.41, 5.74) is 1.13. The fourth-order valence-electron chi connectivity index (χ4n) is 5.69. The molecule has 1 saturated carbocycles. The van der Waals surface area contributed by atoms with E-state index in [0.717, 1.165) is 36.6 Å². The molecule has 5 rings (SSSR count). The molecule has 0 unspecified atom stereocenters. The van der Waals surface area contributed by atoms with Crippen molar-refractivity contribution in [3.05, 3.63) is 35.0 Å². The van der Waals surface area contributed by atoms with Crippen LogP contribution in [0.5, 0.6) is 0 Å². The van der Waals surface area contributed by atoms with Crippen molar-refractivity contribution >= 4 is 40.2 Å². The first-order valence-corrected chi connectivity index (χ1v) is 12.3. The first-order chi connectivity index (χ1) is 16.4. The summed E-state index contributed by atoms with van der Waals surface area (Å²) < 4.78 is 0. The van der Waals surface area contributed by atoms with E-state index in [1.165, 1.54) is 0 Å². The maximum Gasteiger partial charge on any atom is 0.271 e. The zero-order valence-electron chi connectivity index (χ0n) is 18.9. The lowest BCUT2D eigenvalue weighted by molar-refractivity contribution is -0.128. The van der Waals surface area contributed by atoms with Gasteiger partial charge in [0.25, 0.3) is 5.91 Å². The monoisotopic (exact) mass is 481 g/mol. The number of H-pyrrole nitrogens is 1. The van der Waals surface area contributed by atoms with Gasteiger partial charge in [0.05, 0.1) is 6.07 Å². The molecule has 0 bridgehead atoms. The Labute approximate surface area is 203 Å². The summed E-state index contributed by atoms with van der Waals surface area (Å²) in [6.45, 7) is 1.17. The third kappa shape index (κ3) is 4.14. The Balaban J connectivity index is 1.34. The number of carbonyl (C=O) groups is 3. The van der Waals surface area contributed by atoms with E-state index in [4.69, 9.17) is 11.6 Å². The Morgan fingerprint density at radius 1 is 1.32 bits per heavy atom. The normalized spacial score (nSPS) is 24.4. The minimum absolute atomic E-state index is 0.0350. The highest BCUT2D eigenvalue weighted by atomic mass is 35.5. The number of fused-ring (bicyclic) bond motifs is 1. The number of aromatic amines is 1. The van der Waals surface area contributed by atoms with Crippen LogP contribution in [0.25, 0.3) is 10.9 Å². The Kier molecular flexibility index (Phi) is 5.98. The average Bonchev–Trinajstić information content (AvgIpc) is 3.43. The van der Waals surface area contributed by atoms with E-state index in [1.807, 2.05) is 12.1 Å². The molecule has 3 N–H and O–H groups in total. The second kappa shape index (κ2) is 8.95. The highest BCUT2D eigenvalue weighted by molar-refractivity contribution is 6.35. The van der Waals surface area contributed by atoms with Crippen LogP contribution < -0.4 is 10.6 Å². The van der Waals surface area contributed by atoms with Crippen molar-refractivity contribution in [3.63, 3.8) is 0 Å². The largest absolute Gasteiger partial charge is 0.356 e. The molecule has 2 aliphatic heterocycles. The zero-order chi connectivity index (χ0) is 23.9. The average molecular weight is 482 g/mol. The number of amides is 3. The molecule has 1 aromatic heterocycles. The van der Waals surface area contributed by atoms with E-state index in [-0.39, 0.29) is 35.5 Å². The highest BCUT2D eigenvalue weighted by Crippen LogP contribution is 2.50. The molecule has 0 radical (unpaired) electrons. The summed E-state index contributed by atoms with van der Waals surface area (Å²) in [5, 5.41) is 16.6. The van der Waals surface area contributed by atoms with Gasteiger partial charge in [0.2, 0.25) is 11.8 Å². The van der Waals surface area contributed by atoms with Crippen molar-refractivity contribution in [2.45, 2.75) is 57.0 Å². The number of hydrogen-bond acceptors (Lipinski definition) is 4. The van der Waals surface area contributed by atoms with Crippen LogP contribution in [0.1, 0.15) is 55.4 Å². The molecule has 178 valence electrons. The molecule has 3 atom stereocenters. The molecule has 2 aromatic rings. The maximum atomic E-state index is 13.5. The molecule has 1 aliphatic carbocycles. The van der Waals surface area contributed by atoms with Crippen molar-refractivity contribution in [1.82, 2.24) is 20.5 Å². The molecule has 1 spiro atoms. The Morgan fingerprint density at radius 2 is 2.15 bits per heavy atom. The first kappa shape index (κ1) is 22.7. The van der Waals surface area contributed by atoms with Gasteiger partial charge in [0, 0.05) is 34.9 Å². The predicted molar refractivity (Wildman–Crippen MR) is 127 cm³/mol. The molecule has 1 aromatic carbocycles. The lowest BCUT2D eigenvalue weighted by atomic mass is 9.67. The molecule has 8 nitrogen and oxygen atoms in total. The predicted octanol–water partition coefficient (Wildman–Crippen LogP) is 3.13. The lowest BCUT2D eigenvalue weighted by Crippen LogP contribution is -2.49. The van der Waals surface area contributed by atoms with Crippen LogP contribution >= 0.6 is 11.6 Å². The summed E-state index contributed by atoms with van der Waals surface area (Å²) in [4.78, 5) is 43.8. The van der Waals surface area contributed by atoms with Gasteiger partial charge in [-0.3, -0.25) is 14.4 Å². The molecule has 3 amide bonds. The number of nitriles is 1. The number of piperidine rings is 1. The second-order valence-corrected chi connectivity index (χ2v) is 10.4. The Hall–Kier alpha value is -3.05. The van der Waals surface area contributed by atoms with E-state index in [0.29, 0.717) is 36.6 Å². The van der Waals surface area contributed by atoms with E-state index in [9.17, 15) is 19.6 Å². The number of hydrogen-bond donors (Lipinski definition) is 3. The van der Waals surface area contributed by atoms with Crippen molar-refractivity contribution in [2.75, 3.05) is 13.1 Å². The molecule has 2 saturated heterocycles. The number of rotatable bonds is 5. The summed E-state index contributed by atoms with van der Waals surface area (Å²) in [6.07, 6.45) is 5.51. The summed E-state index contributed by atoms with van der Waals surface area (Å²) >= 11 is 6.29. The van der Waals surface area contributed by atoms with Crippen molar-refractivity contribution in [1.29, 1.82) is 5.26 Å². The third-order valence-electron chi connectivity index (χ3n) is 7.72. The second-order valence-electron chi connectivity index (χ2n) is 9.95. The van der Waals surface area contributed by atoms with Gasteiger partial charge >= 0.3 is 0 Å². The Bertz CT molecular complexity index is 1180. The van der Waals surface area contributed by atoms with Gasteiger partial charge in [0.1, 0.15) is 17.8 Å². The quantitative estimate of drug-likeness (QED) is 0.607. The number of nitrogens with zero attached hydrogens (tertiary/aromatic N) is 2. The fourth-order valence-corrected chi connectivity index (χ4v) is 5.92. The van der Waals surface area contributed by atoms with Crippen LogP contribution in [0.4, 0.5) is 0 Å². The molecule has 3 heterocycles. The van der Waals surface area contributed by atoms with Crippen LogP contribution in [0.2, 0.25) is 5.02 Å². The van der Waals surface area contributed by atoms with Crippen LogP contribution in [-0.2, 0) is 9.59 Å². The van der Waals surface area contributed by atoms with Crippen LogP contribution in [0.3, 0.4) is 0 Å². The van der Waals surface area contributed by atoms with E-state index < -0.39 is 12.1 Å². The molecular formula is C25H28ClN5O3. The number of nitrogens with one attached hydrogen (secondary N) is 3. The number of carbonyl (C=O) groups excluding carboxylic acids is 3. The number of benzene rings is 1. The van der Waals surface area contributed by atoms with Crippen LogP contribution in [0, 0.1) is 22.7 Å². The highest BCUT2D eigenvalue weighted by Gasteiger charge is 2.52. The van der Waals surface area contributed by atoms with Gasteiger partial charge in [-0.2, -0.15) is 5.26 Å². The Morgan fingerprint density at radius 3 is 2.82 bits per heavy atom.